The van der Waals surface area contributed by atoms with Gasteiger partial charge < -0.3 is 4.74 Å². The first-order valence-corrected chi connectivity index (χ1v) is 6.05. The van der Waals surface area contributed by atoms with Gasteiger partial charge in [0.15, 0.2) is 0 Å². The molecule has 1 N–H and O–H groups in total. The SMILES string of the molecule is CC1(C)CCC(C(=O)OCc2ccccc2)N1. The molecule has 1 saturated heterocycles. The monoisotopic (exact) mass is 233 g/mol. The summed E-state index contributed by atoms with van der Waals surface area (Å²) in [6.45, 7) is 4.58. The molecule has 1 atom stereocenters. The Kier molecular flexibility index (Phi) is 3.48. The van der Waals surface area contributed by atoms with E-state index >= 15 is 0 Å². The molecule has 1 fully saturated rings. The van der Waals surface area contributed by atoms with Gasteiger partial charge in [-0.1, -0.05) is 30.3 Å². The number of ether oxygens (including phenoxy) is 1. The summed E-state index contributed by atoms with van der Waals surface area (Å²) in [6, 6.07) is 9.61. The minimum absolute atomic E-state index is 0.0520. The van der Waals surface area contributed by atoms with Gasteiger partial charge in [-0.05, 0) is 32.3 Å². The van der Waals surface area contributed by atoms with E-state index in [1.807, 2.05) is 30.3 Å². The second kappa shape index (κ2) is 4.88. The standard InChI is InChI=1S/C14H19NO2/c1-14(2)9-8-12(15-14)13(16)17-10-11-6-4-3-5-7-11/h3-7,12,15H,8-10H2,1-2H3. The molecule has 2 rings (SSSR count). The molecule has 1 aromatic carbocycles. The van der Waals surface area contributed by atoms with Crippen LogP contribution in [0.15, 0.2) is 30.3 Å². The Labute approximate surface area is 102 Å². The summed E-state index contributed by atoms with van der Waals surface area (Å²) in [4.78, 5) is 11.8. The molecule has 3 heteroatoms. The molecular weight excluding hydrogens is 214 g/mol. The highest BCUT2D eigenvalue weighted by Crippen LogP contribution is 2.22. The fourth-order valence-corrected chi connectivity index (χ4v) is 2.13. The summed E-state index contributed by atoms with van der Waals surface area (Å²) in [7, 11) is 0. The molecule has 3 nitrogen and oxygen atoms in total. The van der Waals surface area contributed by atoms with E-state index in [1.54, 1.807) is 0 Å². The zero-order chi connectivity index (χ0) is 12.3. The number of carbonyl (C=O) groups excluding carboxylic acids is 1. The Hall–Kier alpha value is -1.35. The van der Waals surface area contributed by atoms with Gasteiger partial charge in [0.25, 0.3) is 0 Å². The molecule has 0 amide bonds. The quantitative estimate of drug-likeness (QED) is 0.814. The van der Waals surface area contributed by atoms with Crippen LogP contribution >= 0.6 is 0 Å². The molecule has 0 aliphatic carbocycles. The largest absolute Gasteiger partial charge is 0.460 e. The average molecular weight is 233 g/mol. The van der Waals surface area contributed by atoms with Gasteiger partial charge in [-0.15, -0.1) is 0 Å². The van der Waals surface area contributed by atoms with Crippen molar-refractivity contribution >= 4 is 5.97 Å². The van der Waals surface area contributed by atoms with E-state index in [1.165, 1.54) is 0 Å². The fourth-order valence-electron chi connectivity index (χ4n) is 2.13. The van der Waals surface area contributed by atoms with Gasteiger partial charge >= 0.3 is 5.97 Å². The minimum atomic E-state index is -0.145. The molecule has 1 aliphatic rings. The molecule has 1 aliphatic heterocycles. The van der Waals surface area contributed by atoms with Crippen LogP contribution in [0.1, 0.15) is 32.3 Å². The predicted octanol–water partition coefficient (Wildman–Crippen LogP) is 2.26. The lowest BCUT2D eigenvalue weighted by molar-refractivity contribution is -0.147. The molecule has 0 aromatic heterocycles. The van der Waals surface area contributed by atoms with Crippen molar-refractivity contribution in [2.24, 2.45) is 0 Å². The lowest BCUT2D eigenvalue weighted by Crippen LogP contribution is -2.41. The molecule has 0 saturated carbocycles. The van der Waals surface area contributed by atoms with E-state index < -0.39 is 0 Å². The van der Waals surface area contributed by atoms with Gasteiger partial charge in [0.1, 0.15) is 12.6 Å². The summed E-state index contributed by atoms with van der Waals surface area (Å²) < 4.78 is 5.30. The second-order valence-corrected chi connectivity index (χ2v) is 5.21. The summed E-state index contributed by atoms with van der Waals surface area (Å²) >= 11 is 0. The third kappa shape index (κ3) is 3.30. The number of nitrogens with one attached hydrogen (secondary N) is 1. The van der Waals surface area contributed by atoms with Crippen LogP contribution in [-0.4, -0.2) is 17.6 Å². The maximum Gasteiger partial charge on any atom is 0.323 e. The van der Waals surface area contributed by atoms with E-state index in [0.717, 1.165) is 18.4 Å². The average Bonchev–Trinajstić information content (AvgIpc) is 2.68. The summed E-state index contributed by atoms with van der Waals surface area (Å²) in [5, 5.41) is 3.29. The second-order valence-electron chi connectivity index (χ2n) is 5.21. The van der Waals surface area contributed by atoms with Crippen LogP contribution in [0.3, 0.4) is 0 Å². The zero-order valence-corrected chi connectivity index (χ0v) is 10.4. The summed E-state index contributed by atoms with van der Waals surface area (Å²) in [5.41, 5.74) is 1.08. The maximum atomic E-state index is 11.8. The van der Waals surface area contributed by atoms with E-state index in [-0.39, 0.29) is 17.6 Å². The van der Waals surface area contributed by atoms with Gasteiger partial charge in [0, 0.05) is 5.54 Å². The molecule has 0 radical (unpaired) electrons. The molecule has 92 valence electrons. The molecule has 17 heavy (non-hydrogen) atoms. The smallest absolute Gasteiger partial charge is 0.323 e. The summed E-state index contributed by atoms with van der Waals surface area (Å²) in [5.74, 6) is -0.139. The van der Waals surface area contributed by atoms with Crippen LogP contribution in [-0.2, 0) is 16.1 Å². The Bertz CT molecular complexity index is 386. The number of rotatable bonds is 3. The number of esters is 1. The number of hydrogen-bond acceptors (Lipinski definition) is 3. The van der Waals surface area contributed by atoms with E-state index in [0.29, 0.717) is 6.61 Å². The first-order valence-electron chi connectivity index (χ1n) is 6.05. The summed E-state index contributed by atoms with van der Waals surface area (Å²) in [6.07, 6.45) is 1.87. The highest BCUT2D eigenvalue weighted by molar-refractivity contribution is 5.76. The van der Waals surface area contributed by atoms with Crippen molar-refractivity contribution in [3.05, 3.63) is 35.9 Å². The first kappa shape index (κ1) is 12.1. The van der Waals surface area contributed by atoms with Crippen molar-refractivity contribution in [2.45, 2.75) is 44.9 Å². The Morgan fingerprint density at radius 3 is 2.71 bits per heavy atom. The molecule has 1 unspecified atom stereocenters. The first-order chi connectivity index (χ1) is 8.07. The zero-order valence-electron chi connectivity index (χ0n) is 10.4. The predicted molar refractivity (Wildman–Crippen MR) is 66.5 cm³/mol. The van der Waals surface area contributed by atoms with Crippen molar-refractivity contribution in [1.82, 2.24) is 5.32 Å². The van der Waals surface area contributed by atoms with Gasteiger partial charge in [0.2, 0.25) is 0 Å². The topological polar surface area (TPSA) is 38.3 Å². The minimum Gasteiger partial charge on any atom is -0.460 e. The van der Waals surface area contributed by atoms with Gasteiger partial charge in [-0.25, -0.2) is 0 Å². The third-order valence-corrected chi connectivity index (χ3v) is 3.13. The highest BCUT2D eigenvalue weighted by Gasteiger charge is 2.34. The van der Waals surface area contributed by atoms with Crippen molar-refractivity contribution in [2.75, 3.05) is 0 Å². The normalized spacial score (nSPS) is 22.4. The Morgan fingerprint density at radius 1 is 1.41 bits per heavy atom. The Balaban J connectivity index is 1.83. The molecule has 0 bridgehead atoms. The van der Waals surface area contributed by atoms with Crippen LogP contribution in [0.25, 0.3) is 0 Å². The van der Waals surface area contributed by atoms with Crippen LogP contribution in [0.5, 0.6) is 0 Å². The van der Waals surface area contributed by atoms with Crippen LogP contribution in [0.2, 0.25) is 0 Å². The van der Waals surface area contributed by atoms with Crippen LogP contribution in [0.4, 0.5) is 0 Å². The van der Waals surface area contributed by atoms with Gasteiger partial charge in [0.05, 0.1) is 0 Å². The number of carbonyl (C=O) groups is 1. The molecule has 0 spiro atoms. The molecular formula is C14H19NO2. The highest BCUT2D eigenvalue weighted by atomic mass is 16.5. The van der Waals surface area contributed by atoms with E-state index in [2.05, 4.69) is 19.2 Å². The van der Waals surface area contributed by atoms with Crippen molar-refractivity contribution in [3.8, 4) is 0 Å². The lowest BCUT2D eigenvalue weighted by Gasteiger charge is -2.19. The van der Waals surface area contributed by atoms with Crippen molar-refractivity contribution < 1.29 is 9.53 Å². The molecule has 1 aromatic rings. The van der Waals surface area contributed by atoms with E-state index in [4.69, 9.17) is 4.74 Å². The van der Waals surface area contributed by atoms with Gasteiger partial charge in [-0.3, -0.25) is 10.1 Å². The Morgan fingerprint density at radius 2 is 2.12 bits per heavy atom. The number of benzene rings is 1. The molecule has 1 heterocycles. The maximum absolute atomic E-state index is 11.8. The van der Waals surface area contributed by atoms with Crippen molar-refractivity contribution in [3.63, 3.8) is 0 Å². The van der Waals surface area contributed by atoms with Gasteiger partial charge in [-0.2, -0.15) is 0 Å². The van der Waals surface area contributed by atoms with Crippen LogP contribution < -0.4 is 5.32 Å². The lowest BCUT2D eigenvalue weighted by atomic mass is 10.0. The van der Waals surface area contributed by atoms with Crippen LogP contribution in [0, 0.1) is 0 Å². The van der Waals surface area contributed by atoms with E-state index in [9.17, 15) is 4.79 Å². The fraction of sp³-hybridized carbons (Fsp3) is 0.500. The van der Waals surface area contributed by atoms with Crippen molar-refractivity contribution in [1.29, 1.82) is 0 Å². The third-order valence-electron chi connectivity index (χ3n) is 3.13. The number of hydrogen-bond donors (Lipinski definition) is 1.